The van der Waals surface area contributed by atoms with E-state index in [4.69, 9.17) is 20.0 Å². The number of carbonyl (C=O) groups is 4. The van der Waals surface area contributed by atoms with Crippen LogP contribution in [-0.4, -0.2) is 76.8 Å². The lowest BCUT2D eigenvalue weighted by atomic mass is 10.0. The maximum Gasteiger partial charge on any atom is 0.355 e. The molecule has 2 aliphatic rings. The van der Waals surface area contributed by atoms with Crippen LogP contribution in [0.3, 0.4) is 0 Å². The van der Waals surface area contributed by atoms with Crippen molar-refractivity contribution < 1.29 is 33.5 Å². The van der Waals surface area contributed by atoms with Crippen molar-refractivity contribution >= 4 is 57.7 Å². The fraction of sp³-hybridized carbons (Fsp3) is 0.478. The van der Waals surface area contributed by atoms with Crippen molar-refractivity contribution in [3.8, 4) is 0 Å². The molecule has 0 aromatic carbocycles. The van der Waals surface area contributed by atoms with Crippen LogP contribution >= 0.6 is 23.1 Å². The summed E-state index contributed by atoms with van der Waals surface area (Å²) in [7, 11) is 1.28. The normalized spacial score (nSPS) is 19.8. The molecule has 0 radical (unpaired) electrons. The number of anilines is 1. The Morgan fingerprint density at radius 3 is 2.68 bits per heavy atom. The molecule has 2 aliphatic heterocycles. The maximum absolute atomic E-state index is 13.0. The number of thioether (sulfide) groups is 1. The zero-order valence-corrected chi connectivity index (χ0v) is 22.7. The van der Waals surface area contributed by atoms with E-state index < -0.39 is 35.2 Å². The molecule has 1 aromatic rings. The van der Waals surface area contributed by atoms with Gasteiger partial charge in [0.05, 0.1) is 12.2 Å². The minimum Gasteiger partial charge on any atom is -0.462 e. The van der Waals surface area contributed by atoms with E-state index in [0.29, 0.717) is 11.3 Å². The van der Waals surface area contributed by atoms with E-state index in [1.54, 1.807) is 19.2 Å². The Morgan fingerprint density at radius 1 is 1.35 bits per heavy atom. The number of nitrogens with zero attached hydrogens (tertiary/aromatic N) is 3. The lowest BCUT2D eigenvalue weighted by Crippen LogP contribution is -2.71. The van der Waals surface area contributed by atoms with E-state index in [-0.39, 0.29) is 46.9 Å². The average molecular weight is 552 g/mol. The van der Waals surface area contributed by atoms with Gasteiger partial charge in [0.2, 0.25) is 0 Å². The number of hydrogen-bond acceptors (Lipinski definition) is 12. The number of rotatable bonds is 10. The fourth-order valence-corrected chi connectivity index (χ4v) is 5.31. The summed E-state index contributed by atoms with van der Waals surface area (Å²) < 4.78 is 10.6. The molecule has 37 heavy (non-hydrogen) atoms. The second-order valence-corrected chi connectivity index (χ2v) is 10.6. The van der Waals surface area contributed by atoms with Crippen molar-refractivity contribution in [2.75, 3.05) is 31.8 Å². The Hall–Kier alpha value is -3.39. The molecule has 200 valence electrons. The van der Waals surface area contributed by atoms with Crippen molar-refractivity contribution in [2.24, 2.45) is 11.1 Å². The third-order valence-electron chi connectivity index (χ3n) is 5.32. The summed E-state index contributed by atoms with van der Waals surface area (Å²) in [5.41, 5.74) is 6.68. The number of nitrogen functional groups attached to an aromatic ring is 1. The van der Waals surface area contributed by atoms with E-state index in [9.17, 15) is 19.2 Å². The van der Waals surface area contributed by atoms with Crippen LogP contribution < -0.4 is 11.1 Å². The first kappa shape index (κ1) is 28.2. The van der Waals surface area contributed by atoms with Gasteiger partial charge in [0, 0.05) is 11.1 Å². The van der Waals surface area contributed by atoms with Gasteiger partial charge in [-0.15, -0.1) is 23.1 Å². The number of aromatic nitrogens is 1. The zero-order valence-electron chi connectivity index (χ0n) is 21.1. The first-order chi connectivity index (χ1) is 17.6. The average Bonchev–Trinajstić information content (AvgIpc) is 3.29. The highest BCUT2D eigenvalue weighted by atomic mass is 32.2. The molecule has 0 unspecified atom stereocenters. The highest BCUT2D eigenvalue weighted by molar-refractivity contribution is 8.00. The van der Waals surface area contributed by atoms with Gasteiger partial charge in [-0.2, -0.15) is 0 Å². The SMILES string of the molecule is C/C=C(\COC(=O)C1=C(C)CS[C@@H]2[C@H](NC(=O)/C(=N\OC)c3csc(N)n3)C(=O)N12)C(=O)OCC(C)C. The molecule has 3 heterocycles. The number of ether oxygens (including phenoxy) is 2. The van der Waals surface area contributed by atoms with Crippen LogP contribution in [0, 0.1) is 5.92 Å². The predicted molar refractivity (Wildman–Crippen MR) is 138 cm³/mol. The summed E-state index contributed by atoms with van der Waals surface area (Å²) in [6.07, 6.45) is 1.52. The van der Waals surface area contributed by atoms with Crippen molar-refractivity contribution in [1.29, 1.82) is 0 Å². The number of nitrogens with two attached hydrogens (primary N) is 1. The molecule has 0 saturated carbocycles. The summed E-state index contributed by atoms with van der Waals surface area (Å²) in [6, 6.07) is -0.899. The number of allylic oxidation sites excluding steroid dienone is 1. The first-order valence-electron chi connectivity index (χ1n) is 11.4. The zero-order chi connectivity index (χ0) is 27.3. The monoisotopic (exact) mass is 551 g/mol. The lowest BCUT2D eigenvalue weighted by Gasteiger charge is -2.49. The van der Waals surface area contributed by atoms with Gasteiger partial charge in [-0.25, -0.2) is 14.6 Å². The molecule has 3 N–H and O–H groups in total. The van der Waals surface area contributed by atoms with Crippen molar-refractivity contribution in [1.82, 2.24) is 15.2 Å². The third-order valence-corrected chi connectivity index (χ3v) is 7.42. The summed E-state index contributed by atoms with van der Waals surface area (Å²) in [5.74, 6) is -1.84. The van der Waals surface area contributed by atoms with Crippen LogP contribution in [0.15, 0.2) is 33.5 Å². The Balaban J connectivity index is 1.66. The van der Waals surface area contributed by atoms with E-state index in [1.807, 2.05) is 13.8 Å². The molecule has 1 saturated heterocycles. The van der Waals surface area contributed by atoms with Gasteiger partial charge in [-0.05, 0) is 25.3 Å². The van der Waals surface area contributed by atoms with Gasteiger partial charge in [0.15, 0.2) is 10.8 Å². The van der Waals surface area contributed by atoms with Crippen LogP contribution in [0.25, 0.3) is 0 Å². The van der Waals surface area contributed by atoms with Gasteiger partial charge in [-0.3, -0.25) is 14.5 Å². The molecule has 14 heteroatoms. The van der Waals surface area contributed by atoms with Crippen LogP contribution in [0.1, 0.15) is 33.4 Å². The van der Waals surface area contributed by atoms with Crippen LogP contribution in [-0.2, 0) is 33.5 Å². The molecule has 12 nitrogen and oxygen atoms in total. The molecule has 2 atom stereocenters. The largest absolute Gasteiger partial charge is 0.462 e. The van der Waals surface area contributed by atoms with Crippen LogP contribution in [0.5, 0.6) is 0 Å². The highest BCUT2D eigenvalue weighted by Gasteiger charge is 2.54. The summed E-state index contributed by atoms with van der Waals surface area (Å²) in [6.45, 7) is 7.14. The van der Waals surface area contributed by atoms with Gasteiger partial charge in [0.1, 0.15) is 36.5 Å². The smallest absolute Gasteiger partial charge is 0.355 e. The third kappa shape index (κ3) is 6.31. The number of fused-ring (bicyclic) bond motifs is 1. The van der Waals surface area contributed by atoms with E-state index in [0.717, 1.165) is 11.3 Å². The summed E-state index contributed by atoms with van der Waals surface area (Å²) in [5, 5.41) is 7.65. The Morgan fingerprint density at radius 2 is 2.08 bits per heavy atom. The van der Waals surface area contributed by atoms with Crippen LogP contribution in [0.2, 0.25) is 0 Å². The number of oxime groups is 1. The van der Waals surface area contributed by atoms with Gasteiger partial charge < -0.3 is 25.4 Å². The van der Waals surface area contributed by atoms with Gasteiger partial charge in [-0.1, -0.05) is 25.1 Å². The Bertz CT molecular complexity index is 1170. The number of esters is 2. The molecule has 1 aromatic heterocycles. The van der Waals surface area contributed by atoms with E-state index in [2.05, 4.69) is 15.5 Å². The minimum absolute atomic E-state index is 0.100. The van der Waals surface area contributed by atoms with E-state index >= 15 is 0 Å². The number of thiazole rings is 1. The summed E-state index contributed by atoms with van der Waals surface area (Å²) >= 11 is 2.53. The van der Waals surface area contributed by atoms with Crippen molar-refractivity contribution in [2.45, 2.75) is 39.1 Å². The molecule has 0 bridgehead atoms. The van der Waals surface area contributed by atoms with Gasteiger partial charge in [0.25, 0.3) is 11.8 Å². The highest BCUT2D eigenvalue weighted by Crippen LogP contribution is 2.40. The number of amides is 2. The molecular formula is C23H29N5O7S2. The minimum atomic E-state index is -0.899. The maximum atomic E-state index is 13.0. The molecule has 2 amide bonds. The van der Waals surface area contributed by atoms with Crippen LogP contribution in [0.4, 0.5) is 5.13 Å². The molecular weight excluding hydrogens is 522 g/mol. The number of β-lactam (4-membered cyclic amide) rings is 1. The Labute approximate surface area is 222 Å². The quantitative estimate of drug-likeness (QED) is 0.143. The number of carbonyl (C=O) groups excluding carboxylic acids is 4. The fourth-order valence-electron chi connectivity index (χ4n) is 3.47. The first-order valence-corrected chi connectivity index (χ1v) is 13.3. The lowest BCUT2D eigenvalue weighted by molar-refractivity contribution is -0.152. The van der Waals surface area contributed by atoms with Crippen molar-refractivity contribution in [3.63, 3.8) is 0 Å². The predicted octanol–water partition coefficient (Wildman–Crippen LogP) is 1.44. The van der Waals surface area contributed by atoms with E-state index in [1.165, 1.54) is 29.8 Å². The second-order valence-electron chi connectivity index (χ2n) is 8.57. The second kappa shape index (κ2) is 12.2. The summed E-state index contributed by atoms with van der Waals surface area (Å²) in [4.78, 5) is 61.2. The Kier molecular flexibility index (Phi) is 9.32. The topological polar surface area (TPSA) is 163 Å². The standard InChI is InChI=1S/C23H29N5O7S2/c1-6-13(21(31)34-7-11(2)3)8-35-22(32)17-12(4)9-36-20-16(19(30)28(17)20)26-18(29)15(27-33-5)14-10-37-23(24)25-14/h6,10-11,16,20H,7-9H2,1-5H3,(H2,24,25)(H,26,29)/b13-6+,27-15-/t16-,20-/m1/s1. The molecule has 0 spiro atoms. The molecule has 0 aliphatic carbocycles. The molecule has 3 rings (SSSR count). The number of hydrogen-bond donors (Lipinski definition) is 2. The molecule has 1 fully saturated rings. The van der Waals surface area contributed by atoms with Gasteiger partial charge >= 0.3 is 11.9 Å². The van der Waals surface area contributed by atoms with Crippen molar-refractivity contribution in [3.05, 3.63) is 34.0 Å². The number of nitrogens with one attached hydrogen (secondary N) is 1.